The largest absolute Gasteiger partial charge is 0.346 e. The van der Waals surface area contributed by atoms with E-state index in [1.807, 2.05) is 25.1 Å². The maximum atomic E-state index is 11.8. The molecule has 0 radical (unpaired) electrons. The van der Waals surface area contributed by atoms with E-state index in [9.17, 15) is 9.59 Å². The molecular weight excluding hydrogens is 364 g/mol. The van der Waals surface area contributed by atoms with Crippen molar-refractivity contribution in [1.82, 2.24) is 5.32 Å². The summed E-state index contributed by atoms with van der Waals surface area (Å²) in [6.45, 7) is 6.28. The van der Waals surface area contributed by atoms with Gasteiger partial charge in [0.2, 0.25) is 11.8 Å². The number of carbonyl (C=O) groups is 2. The van der Waals surface area contributed by atoms with E-state index < -0.39 is 0 Å². The predicted octanol–water partition coefficient (Wildman–Crippen LogP) is 3.59. The summed E-state index contributed by atoms with van der Waals surface area (Å²) in [6.07, 6.45) is 1.10. The third kappa shape index (κ3) is 7.84. The van der Waals surface area contributed by atoms with Crippen LogP contribution in [0, 0.1) is 12.8 Å². The summed E-state index contributed by atoms with van der Waals surface area (Å²) in [6, 6.07) is 5.58. The Kier molecular flexibility index (Phi) is 8.56. The topological polar surface area (TPSA) is 58.2 Å². The Hall–Kier alpha value is -1.01. The van der Waals surface area contributed by atoms with Crippen molar-refractivity contribution < 1.29 is 9.59 Å². The molecule has 0 bridgehead atoms. The van der Waals surface area contributed by atoms with Gasteiger partial charge in [-0.25, -0.2) is 0 Å². The van der Waals surface area contributed by atoms with Crippen molar-refractivity contribution in [2.75, 3.05) is 23.4 Å². The van der Waals surface area contributed by atoms with Crippen LogP contribution in [-0.2, 0) is 9.59 Å². The zero-order valence-corrected chi connectivity index (χ0v) is 15.6. The van der Waals surface area contributed by atoms with Crippen LogP contribution in [0.2, 0.25) is 0 Å². The summed E-state index contributed by atoms with van der Waals surface area (Å²) in [5, 5.41) is 5.40. The lowest BCUT2D eigenvalue weighted by atomic mass is 10.2. The van der Waals surface area contributed by atoms with Crippen molar-refractivity contribution in [2.24, 2.45) is 5.92 Å². The summed E-state index contributed by atoms with van der Waals surface area (Å²) >= 11 is 5.01. The number of benzene rings is 1. The average molecular weight is 387 g/mol. The fraction of sp³-hybridized carbons (Fsp3) is 0.500. The minimum Gasteiger partial charge on any atom is -0.346 e. The fourth-order valence-electron chi connectivity index (χ4n) is 1.64. The normalized spacial score (nSPS) is 10.6. The highest BCUT2D eigenvalue weighted by Crippen LogP contribution is 2.19. The fourth-order valence-corrected chi connectivity index (χ4v) is 2.96. The standard InChI is InChI=1S/C16H23BrN2O2S/c1-11(2)6-7-22-10-16(21)18-9-15(20)19-13-4-5-14(17)12(3)8-13/h4-5,8,11H,6-7,9-10H2,1-3H3,(H,18,21)(H,19,20). The molecule has 1 aromatic carbocycles. The van der Waals surface area contributed by atoms with Gasteiger partial charge in [-0.15, -0.1) is 0 Å². The van der Waals surface area contributed by atoms with Crippen LogP contribution in [0.1, 0.15) is 25.8 Å². The third-order valence-electron chi connectivity index (χ3n) is 2.96. The lowest BCUT2D eigenvalue weighted by molar-refractivity contribution is -0.122. The van der Waals surface area contributed by atoms with Crippen molar-refractivity contribution in [1.29, 1.82) is 0 Å². The van der Waals surface area contributed by atoms with E-state index in [0.29, 0.717) is 11.7 Å². The molecule has 0 unspecified atom stereocenters. The molecule has 4 nitrogen and oxygen atoms in total. The van der Waals surface area contributed by atoms with Gasteiger partial charge in [-0.2, -0.15) is 11.8 Å². The molecular formula is C16H23BrN2O2S. The molecule has 6 heteroatoms. The van der Waals surface area contributed by atoms with Crippen LogP contribution in [0.3, 0.4) is 0 Å². The zero-order chi connectivity index (χ0) is 16.5. The number of nitrogens with one attached hydrogen (secondary N) is 2. The number of hydrogen-bond donors (Lipinski definition) is 2. The number of hydrogen-bond acceptors (Lipinski definition) is 3. The summed E-state index contributed by atoms with van der Waals surface area (Å²) in [4.78, 5) is 23.4. The molecule has 0 atom stereocenters. The molecule has 0 saturated carbocycles. The Morgan fingerprint density at radius 2 is 2.00 bits per heavy atom. The molecule has 0 aliphatic carbocycles. The molecule has 0 spiro atoms. The Morgan fingerprint density at radius 3 is 2.64 bits per heavy atom. The van der Waals surface area contributed by atoms with E-state index in [-0.39, 0.29) is 18.4 Å². The molecule has 1 rings (SSSR count). The second-order valence-electron chi connectivity index (χ2n) is 5.52. The van der Waals surface area contributed by atoms with E-state index in [1.165, 1.54) is 0 Å². The summed E-state index contributed by atoms with van der Waals surface area (Å²) < 4.78 is 0.997. The van der Waals surface area contributed by atoms with Crippen LogP contribution in [0.25, 0.3) is 0 Å². The van der Waals surface area contributed by atoms with Gasteiger partial charge in [0.1, 0.15) is 0 Å². The predicted molar refractivity (Wildman–Crippen MR) is 97.3 cm³/mol. The van der Waals surface area contributed by atoms with E-state index in [1.54, 1.807) is 11.8 Å². The molecule has 22 heavy (non-hydrogen) atoms. The zero-order valence-electron chi connectivity index (χ0n) is 13.2. The van der Waals surface area contributed by atoms with Crippen molar-refractivity contribution in [3.63, 3.8) is 0 Å². The highest BCUT2D eigenvalue weighted by Gasteiger charge is 2.07. The van der Waals surface area contributed by atoms with Gasteiger partial charge >= 0.3 is 0 Å². The van der Waals surface area contributed by atoms with Crippen LogP contribution in [0.4, 0.5) is 5.69 Å². The van der Waals surface area contributed by atoms with Gasteiger partial charge in [-0.1, -0.05) is 29.8 Å². The number of rotatable bonds is 8. The van der Waals surface area contributed by atoms with E-state index in [4.69, 9.17) is 0 Å². The van der Waals surface area contributed by atoms with Gasteiger partial charge in [0, 0.05) is 10.2 Å². The van der Waals surface area contributed by atoms with Gasteiger partial charge in [-0.05, 0) is 48.8 Å². The van der Waals surface area contributed by atoms with Gasteiger partial charge in [-0.3, -0.25) is 9.59 Å². The molecule has 1 aromatic rings. The Bertz CT molecular complexity index is 521. The second kappa shape index (κ2) is 9.90. The molecule has 0 aliphatic heterocycles. The number of carbonyl (C=O) groups excluding carboxylic acids is 2. The maximum Gasteiger partial charge on any atom is 0.243 e. The van der Waals surface area contributed by atoms with Crippen molar-refractivity contribution >= 4 is 45.2 Å². The molecule has 0 saturated heterocycles. The number of thioether (sulfide) groups is 1. The van der Waals surface area contributed by atoms with Gasteiger partial charge in [0.15, 0.2) is 0 Å². The third-order valence-corrected chi connectivity index (χ3v) is 4.84. The molecule has 2 amide bonds. The van der Waals surface area contributed by atoms with Crippen LogP contribution in [0.15, 0.2) is 22.7 Å². The molecule has 2 N–H and O–H groups in total. The number of amides is 2. The molecule has 0 heterocycles. The van der Waals surface area contributed by atoms with Gasteiger partial charge < -0.3 is 10.6 Å². The first-order valence-corrected chi connectivity index (χ1v) is 9.23. The quantitative estimate of drug-likeness (QED) is 0.671. The van der Waals surface area contributed by atoms with Crippen LogP contribution >= 0.6 is 27.7 Å². The maximum absolute atomic E-state index is 11.8. The molecule has 0 fully saturated rings. The van der Waals surface area contributed by atoms with Gasteiger partial charge in [0.25, 0.3) is 0 Å². The number of halogens is 1. The number of aryl methyl sites for hydroxylation is 1. The monoisotopic (exact) mass is 386 g/mol. The van der Waals surface area contributed by atoms with Crippen molar-refractivity contribution in [3.8, 4) is 0 Å². The highest BCUT2D eigenvalue weighted by atomic mass is 79.9. The lowest BCUT2D eigenvalue weighted by Crippen LogP contribution is -2.34. The van der Waals surface area contributed by atoms with Crippen LogP contribution in [-0.4, -0.2) is 29.9 Å². The Balaban J connectivity index is 2.24. The van der Waals surface area contributed by atoms with E-state index in [2.05, 4.69) is 40.4 Å². The molecule has 0 aliphatic rings. The molecule has 122 valence electrons. The van der Waals surface area contributed by atoms with E-state index in [0.717, 1.165) is 27.9 Å². The Labute approximate surface area is 144 Å². The summed E-state index contributed by atoms with van der Waals surface area (Å²) in [5.74, 6) is 1.70. The van der Waals surface area contributed by atoms with Crippen LogP contribution in [0.5, 0.6) is 0 Å². The minimum absolute atomic E-state index is 0.00130. The lowest BCUT2D eigenvalue weighted by Gasteiger charge is -2.08. The van der Waals surface area contributed by atoms with Crippen molar-refractivity contribution in [3.05, 3.63) is 28.2 Å². The summed E-state index contributed by atoms with van der Waals surface area (Å²) in [7, 11) is 0. The minimum atomic E-state index is -0.220. The Morgan fingerprint density at radius 1 is 1.27 bits per heavy atom. The second-order valence-corrected chi connectivity index (χ2v) is 7.48. The average Bonchev–Trinajstić information content (AvgIpc) is 2.45. The highest BCUT2D eigenvalue weighted by molar-refractivity contribution is 9.10. The van der Waals surface area contributed by atoms with Crippen LogP contribution < -0.4 is 10.6 Å². The van der Waals surface area contributed by atoms with Crippen molar-refractivity contribution in [2.45, 2.75) is 27.2 Å². The summed E-state index contributed by atoms with van der Waals surface area (Å²) in [5.41, 5.74) is 1.77. The first kappa shape index (κ1) is 19.0. The van der Waals surface area contributed by atoms with Gasteiger partial charge in [0.05, 0.1) is 12.3 Å². The number of anilines is 1. The van der Waals surface area contributed by atoms with E-state index >= 15 is 0 Å². The first-order valence-electron chi connectivity index (χ1n) is 7.29. The smallest absolute Gasteiger partial charge is 0.243 e. The molecule has 0 aromatic heterocycles. The SMILES string of the molecule is Cc1cc(NC(=O)CNC(=O)CSCCC(C)C)ccc1Br. The first-order chi connectivity index (χ1) is 10.4.